The van der Waals surface area contributed by atoms with E-state index in [1.807, 2.05) is 23.9 Å². The van der Waals surface area contributed by atoms with E-state index in [4.69, 9.17) is 4.74 Å². The molecule has 1 N–H and O–H groups in total. The van der Waals surface area contributed by atoms with Crippen LogP contribution in [0.5, 0.6) is 5.75 Å². The number of thioether (sulfide) groups is 1. The van der Waals surface area contributed by atoms with Crippen LogP contribution >= 0.6 is 11.8 Å². The summed E-state index contributed by atoms with van der Waals surface area (Å²) < 4.78 is 5.14. The highest BCUT2D eigenvalue weighted by molar-refractivity contribution is 7.98. The van der Waals surface area contributed by atoms with E-state index in [2.05, 4.69) is 37.6 Å². The maximum absolute atomic E-state index is 5.14. The molecule has 0 aliphatic carbocycles. The Morgan fingerprint density at radius 1 is 1.25 bits per heavy atom. The Morgan fingerprint density at radius 2 is 1.88 bits per heavy atom. The molecule has 0 spiro atoms. The summed E-state index contributed by atoms with van der Waals surface area (Å²) in [6.07, 6.45) is 2.14. The molecule has 0 unspecified atom stereocenters. The number of ether oxygens (including phenoxy) is 1. The number of benzene rings is 1. The van der Waals surface area contributed by atoms with Crippen molar-refractivity contribution in [3.8, 4) is 5.75 Å². The summed E-state index contributed by atoms with van der Waals surface area (Å²) in [5.74, 6) is 2.05. The molecule has 0 aromatic heterocycles. The molecule has 2 nitrogen and oxygen atoms in total. The zero-order valence-corrected chi connectivity index (χ0v) is 11.3. The van der Waals surface area contributed by atoms with Crippen molar-refractivity contribution >= 4 is 11.8 Å². The SMILES string of the molecule is COc1ccc([C@@H](C)N[C@@H](C)CSC)cc1. The van der Waals surface area contributed by atoms with Crippen LogP contribution in [0.2, 0.25) is 0 Å². The number of nitrogens with one attached hydrogen (secondary N) is 1. The highest BCUT2D eigenvalue weighted by atomic mass is 32.2. The minimum atomic E-state index is 0.382. The Hall–Kier alpha value is -0.670. The first-order valence-corrected chi connectivity index (χ1v) is 6.95. The fraction of sp³-hybridized carbons (Fsp3) is 0.538. The maximum atomic E-state index is 5.14. The molecule has 0 amide bonds. The second kappa shape index (κ2) is 6.81. The molecule has 0 saturated carbocycles. The Bertz CT molecular complexity index is 299. The summed E-state index contributed by atoms with van der Waals surface area (Å²) in [5, 5.41) is 3.57. The van der Waals surface area contributed by atoms with E-state index in [0.29, 0.717) is 12.1 Å². The van der Waals surface area contributed by atoms with Crippen LogP contribution in [0.1, 0.15) is 25.5 Å². The molecule has 0 heterocycles. The van der Waals surface area contributed by atoms with Crippen molar-refractivity contribution in [3.63, 3.8) is 0 Å². The lowest BCUT2D eigenvalue weighted by molar-refractivity contribution is 0.414. The minimum Gasteiger partial charge on any atom is -0.497 e. The second-order valence-electron chi connectivity index (χ2n) is 4.02. The molecule has 3 heteroatoms. The van der Waals surface area contributed by atoms with Gasteiger partial charge in [0.25, 0.3) is 0 Å². The third kappa shape index (κ3) is 4.06. The van der Waals surface area contributed by atoms with Gasteiger partial charge in [-0.1, -0.05) is 12.1 Å². The summed E-state index contributed by atoms with van der Waals surface area (Å²) in [6.45, 7) is 4.41. The molecule has 0 radical (unpaired) electrons. The first-order valence-electron chi connectivity index (χ1n) is 5.56. The molecule has 1 aromatic carbocycles. The van der Waals surface area contributed by atoms with Crippen molar-refractivity contribution in [3.05, 3.63) is 29.8 Å². The topological polar surface area (TPSA) is 21.3 Å². The van der Waals surface area contributed by atoms with Crippen LogP contribution in [-0.2, 0) is 0 Å². The zero-order valence-electron chi connectivity index (χ0n) is 10.5. The van der Waals surface area contributed by atoms with Gasteiger partial charge >= 0.3 is 0 Å². The average molecular weight is 239 g/mol. The van der Waals surface area contributed by atoms with Crippen LogP contribution in [0.25, 0.3) is 0 Å². The van der Waals surface area contributed by atoms with Crippen molar-refractivity contribution in [1.82, 2.24) is 5.32 Å². The van der Waals surface area contributed by atoms with Crippen LogP contribution < -0.4 is 10.1 Å². The quantitative estimate of drug-likeness (QED) is 0.824. The lowest BCUT2D eigenvalue weighted by Crippen LogP contribution is -2.30. The first-order chi connectivity index (χ1) is 7.67. The Kier molecular flexibility index (Phi) is 5.71. The van der Waals surface area contributed by atoms with Crippen molar-refractivity contribution in [1.29, 1.82) is 0 Å². The maximum Gasteiger partial charge on any atom is 0.118 e. The van der Waals surface area contributed by atoms with Crippen molar-refractivity contribution in [2.24, 2.45) is 0 Å². The Balaban J connectivity index is 2.55. The van der Waals surface area contributed by atoms with Gasteiger partial charge < -0.3 is 10.1 Å². The van der Waals surface area contributed by atoms with Crippen LogP contribution in [0.3, 0.4) is 0 Å². The number of methoxy groups -OCH3 is 1. The lowest BCUT2D eigenvalue weighted by Gasteiger charge is -2.19. The van der Waals surface area contributed by atoms with Gasteiger partial charge in [-0.25, -0.2) is 0 Å². The van der Waals surface area contributed by atoms with E-state index in [1.165, 1.54) is 5.56 Å². The fourth-order valence-corrected chi connectivity index (χ4v) is 2.31. The van der Waals surface area contributed by atoms with Crippen molar-refractivity contribution in [2.45, 2.75) is 25.9 Å². The van der Waals surface area contributed by atoms with E-state index in [0.717, 1.165) is 11.5 Å². The molecule has 1 aromatic rings. The number of hydrogen-bond donors (Lipinski definition) is 1. The molecule has 0 bridgehead atoms. The predicted molar refractivity (Wildman–Crippen MR) is 72.4 cm³/mol. The standard InChI is InChI=1S/C13H21NOS/c1-10(9-16-4)14-11(2)12-5-7-13(15-3)8-6-12/h5-8,10-11,14H,9H2,1-4H3/t10-,11+/m0/s1. The van der Waals surface area contributed by atoms with E-state index in [1.54, 1.807) is 7.11 Å². The van der Waals surface area contributed by atoms with Gasteiger partial charge in [0, 0.05) is 17.8 Å². The van der Waals surface area contributed by atoms with Crippen molar-refractivity contribution < 1.29 is 4.74 Å². The van der Waals surface area contributed by atoms with Gasteiger partial charge in [0.2, 0.25) is 0 Å². The molecule has 1 rings (SSSR count). The number of rotatable bonds is 6. The first kappa shape index (κ1) is 13.4. The van der Waals surface area contributed by atoms with Gasteiger partial charge in [-0.2, -0.15) is 11.8 Å². The Morgan fingerprint density at radius 3 is 2.38 bits per heavy atom. The fourth-order valence-electron chi connectivity index (χ4n) is 1.71. The summed E-state index contributed by atoms with van der Waals surface area (Å²) in [5.41, 5.74) is 1.30. The summed E-state index contributed by atoms with van der Waals surface area (Å²) in [6, 6.07) is 9.16. The zero-order chi connectivity index (χ0) is 12.0. The van der Waals surface area contributed by atoms with E-state index in [9.17, 15) is 0 Å². The van der Waals surface area contributed by atoms with Crippen LogP contribution in [0, 0.1) is 0 Å². The summed E-state index contributed by atoms with van der Waals surface area (Å²) >= 11 is 1.87. The summed E-state index contributed by atoms with van der Waals surface area (Å²) in [7, 11) is 1.69. The average Bonchev–Trinajstić information content (AvgIpc) is 2.29. The molecule has 0 saturated heterocycles. The molecular formula is C13H21NOS. The molecule has 90 valence electrons. The van der Waals surface area contributed by atoms with E-state index in [-0.39, 0.29) is 0 Å². The monoisotopic (exact) mass is 239 g/mol. The van der Waals surface area contributed by atoms with Gasteiger partial charge in [-0.05, 0) is 37.8 Å². The molecular weight excluding hydrogens is 218 g/mol. The van der Waals surface area contributed by atoms with E-state index < -0.39 is 0 Å². The largest absolute Gasteiger partial charge is 0.497 e. The van der Waals surface area contributed by atoms with Crippen molar-refractivity contribution in [2.75, 3.05) is 19.1 Å². The molecule has 0 aliphatic heterocycles. The smallest absolute Gasteiger partial charge is 0.118 e. The third-order valence-corrected chi connectivity index (χ3v) is 3.40. The van der Waals surface area contributed by atoms with Crippen LogP contribution in [0.4, 0.5) is 0 Å². The molecule has 0 fully saturated rings. The van der Waals surface area contributed by atoms with Crippen LogP contribution in [-0.4, -0.2) is 25.2 Å². The molecule has 16 heavy (non-hydrogen) atoms. The third-order valence-electron chi connectivity index (χ3n) is 2.57. The highest BCUT2D eigenvalue weighted by Crippen LogP contribution is 2.17. The van der Waals surface area contributed by atoms with Crippen LogP contribution in [0.15, 0.2) is 24.3 Å². The van der Waals surface area contributed by atoms with Gasteiger partial charge in [0.15, 0.2) is 0 Å². The van der Waals surface area contributed by atoms with Gasteiger partial charge in [0.1, 0.15) is 5.75 Å². The van der Waals surface area contributed by atoms with Gasteiger partial charge in [-0.3, -0.25) is 0 Å². The minimum absolute atomic E-state index is 0.382. The van der Waals surface area contributed by atoms with Gasteiger partial charge in [-0.15, -0.1) is 0 Å². The second-order valence-corrected chi connectivity index (χ2v) is 4.93. The highest BCUT2D eigenvalue weighted by Gasteiger charge is 2.08. The number of hydrogen-bond acceptors (Lipinski definition) is 3. The Labute approximate surface area is 103 Å². The van der Waals surface area contributed by atoms with E-state index >= 15 is 0 Å². The predicted octanol–water partition coefficient (Wildman–Crippen LogP) is 3.10. The summed E-state index contributed by atoms with van der Waals surface area (Å²) in [4.78, 5) is 0. The normalized spacial score (nSPS) is 14.5. The van der Waals surface area contributed by atoms with Gasteiger partial charge in [0.05, 0.1) is 7.11 Å². The lowest BCUT2D eigenvalue weighted by atomic mass is 10.1. The molecule has 2 atom stereocenters. The molecule has 0 aliphatic rings.